The van der Waals surface area contributed by atoms with Crippen LogP contribution >= 0.6 is 11.8 Å². The first kappa shape index (κ1) is 31.3. The first-order valence-electron chi connectivity index (χ1n) is 14.4. The molecule has 2 heterocycles. The lowest BCUT2D eigenvalue weighted by atomic mass is 9.99. The fraction of sp³-hybridized carbons (Fsp3) is 0.294. The van der Waals surface area contributed by atoms with E-state index in [1.807, 2.05) is 72.8 Å². The van der Waals surface area contributed by atoms with Crippen molar-refractivity contribution in [3.8, 4) is 11.1 Å². The molecule has 1 fully saturated rings. The van der Waals surface area contributed by atoms with E-state index in [0.717, 1.165) is 33.4 Å². The zero-order valence-electron chi connectivity index (χ0n) is 24.6. The van der Waals surface area contributed by atoms with Gasteiger partial charge in [-0.05, 0) is 46.9 Å². The maximum absolute atomic E-state index is 12.2. The first-order valence-corrected chi connectivity index (χ1v) is 15.4. The summed E-state index contributed by atoms with van der Waals surface area (Å²) in [7, 11) is 0. The summed E-state index contributed by atoms with van der Waals surface area (Å²) in [5, 5.41) is 13.0. The maximum Gasteiger partial charge on any atom is 0.303 e. The van der Waals surface area contributed by atoms with Gasteiger partial charge in [-0.3, -0.25) is 9.59 Å². The van der Waals surface area contributed by atoms with Gasteiger partial charge in [-0.15, -0.1) is 0 Å². The van der Waals surface area contributed by atoms with Crippen LogP contribution in [0.1, 0.15) is 54.9 Å². The standard InChI is InChI=1S/C34H35N3O6S/c1-22(41-23(2)39)32(40)37-19-25-5-3-6-29(17-25)26-11-13-28(14-12-26)33-42-30(21-44-34-35-15-4-16-36-34)18-31(43-33)27-9-7-24(20-38)8-10-27/h3-17,22,30-31,33,38H,18-21H2,1-2H3,(H,37,40). The van der Waals surface area contributed by atoms with E-state index in [9.17, 15) is 14.7 Å². The summed E-state index contributed by atoms with van der Waals surface area (Å²) in [6.07, 6.45) is 2.44. The third-order valence-corrected chi connectivity index (χ3v) is 8.18. The Hall–Kier alpha value is -4.09. The normalized spacial score (nSPS) is 18.8. The summed E-state index contributed by atoms with van der Waals surface area (Å²) in [4.78, 5) is 32.0. The lowest BCUT2D eigenvalue weighted by molar-refractivity contribution is -0.245. The highest BCUT2D eigenvalue weighted by Gasteiger charge is 2.32. The second-order valence-electron chi connectivity index (χ2n) is 10.5. The number of aromatic nitrogens is 2. The summed E-state index contributed by atoms with van der Waals surface area (Å²) >= 11 is 1.55. The van der Waals surface area contributed by atoms with Gasteiger partial charge < -0.3 is 24.6 Å². The minimum absolute atomic E-state index is 0.00688. The molecule has 0 spiro atoms. The number of hydrogen-bond acceptors (Lipinski definition) is 9. The van der Waals surface area contributed by atoms with Crippen LogP contribution in [0.15, 0.2) is 96.4 Å². The van der Waals surface area contributed by atoms with Crippen LogP contribution in [0.4, 0.5) is 0 Å². The third kappa shape index (κ3) is 8.51. The number of esters is 1. The lowest BCUT2D eigenvalue weighted by Crippen LogP contribution is -2.35. The Bertz CT molecular complexity index is 1540. The van der Waals surface area contributed by atoms with Crippen molar-refractivity contribution in [2.45, 2.75) is 63.2 Å². The SMILES string of the molecule is CC(=O)OC(C)C(=O)NCc1cccc(-c2ccc(C3OC(CSc4ncccn4)CC(c4ccc(CO)cc4)O3)cc2)c1. The Morgan fingerprint density at radius 1 is 0.955 bits per heavy atom. The number of nitrogens with zero attached hydrogens (tertiary/aromatic N) is 2. The van der Waals surface area contributed by atoms with E-state index in [2.05, 4.69) is 15.3 Å². The number of carbonyl (C=O) groups is 2. The second-order valence-corrected chi connectivity index (χ2v) is 11.5. The van der Waals surface area contributed by atoms with E-state index >= 15 is 0 Å². The molecule has 1 aliphatic heterocycles. The summed E-state index contributed by atoms with van der Waals surface area (Å²) in [5.41, 5.74) is 5.72. The van der Waals surface area contributed by atoms with E-state index in [4.69, 9.17) is 14.2 Å². The Morgan fingerprint density at radius 3 is 2.39 bits per heavy atom. The van der Waals surface area contributed by atoms with Crippen molar-refractivity contribution in [2.75, 3.05) is 5.75 Å². The second kappa shape index (κ2) is 15.1. The highest BCUT2D eigenvalue weighted by molar-refractivity contribution is 7.99. The summed E-state index contributed by atoms with van der Waals surface area (Å²) in [5.74, 6) is -0.167. The largest absolute Gasteiger partial charge is 0.453 e. The van der Waals surface area contributed by atoms with E-state index in [-0.39, 0.29) is 24.7 Å². The lowest BCUT2D eigenvalue weighted by Gasteiger charge is -2.36. The first-order chi connectivity index (χ1) is 21.4. The van der Waals surface area contributed by atoms with Crippen LogP contribution in [-0.4, -0.2) is 44.9 Å². The van der Waals surface area contributed by atoms with E-state index in [1.165, 1.54) is 6.92 Å². The van der Waals surface area contributed by atoms with Crippen molar-refractivity contribution < 1.29 is 28.9 Å². The van der Waals surface area contributed by atoms with Crippen molar-refractivity contribution in [3.05, 3.63) is 114 Å². The molecule has 4 aromatic rings. The van der Waals surface area contributed by atoms with E-state index < -0.39 is 18.4 Å². The Labute approximate surface area is 261 Å². The molecule has 4 unspecified atom stereocenters. The predicted octanol–water partition coefficient (Wildman–Crippen LogP) is 5.54. The average molecular weight is 614 g/mol. The van der Waals surface area contributed by atoms with Gasteiger partial charge in [0.2, 0.25) is 0 Å². The topological polar surface area (TPSA) is 120 Å². The fourth-order valence-electron chi connectivity index (χ4n) is 4.88. The number of nitrogens with one attached hydrogen (secondary N) is 1. The Kier molecular flexibility index (Phi) is 10.7. The van der Waals surface area contributed by atoms with Crippen molar-refractivity contribution >= 4 is 23.6 Å². The van der Waals surface area contributed by atoms with Gasteiger partial charge in [-0.25, -0.2) is 9.97 Å². The molecule has 5 rings (SSSR count). The molecule has 0 aliphatic carbocycles. The molecule has 4 atom stereocenters. The molecule has 1 aromatic heterocycles. The maximum atomic E-state index is 12.2. The number of amides is 1. The van der Waals surface area contributed by atoms with Crippen molar-refractivity contribution in [1.82, 2.24) is 15.3 Å². The highest BCUT2D eigenvalue weighted by Crippen LogP contribution is 2.39. The molecule has 0 radical (unpaired) electrons. The number of ether oxygens (including phenoxy) is 3. The van der Waals surface area contributed by atoms with Crippen molar-refractivity contribution in [1.29, 1.82) is 0 Å². The van der Waals surface area contributed by atoms with Gasteiger partial charge >= 0.3 is 5.97 Å². The van der Waals surface area contributed by atoms with Gasteiger partial charge in [0.05, 0.1) is 18.8 Å². The third-order valence-electron chi connectivity index (χ3n) is 7.18. The Balaban J connectivity index is 1.28. The smallest absolute Gasteiger partial charge is 0.303 e. The van der Waals surface area contributed by atoms with Gasteiger partial charge in [0, 0.05) is 43.6 Å². The van der Waals surface area contributed by atoms with Gasteiger partial charge in [0.1, 0.15) is 0 Å². The molecule has 0 bridgehead atoms. The number of rotatable bonds is 11. The molecule has 228 valence electrons. The average Bonchev–Trinajstić information content (AvgIpc) is 3.06. The number of hydrogen-bond donors (Lipinski definition) is 2. The van der Waals surface area contributed by atoms with Gasteiger partial charge in [-0.2, -0.15) is 0 Å². The number of aliphatic hydroxyl groups is 1. The molecule has 1 aliphatic rings. The molecule has 1 saturated heterocycles. The van der Waals surface area contributed by atoms with E-state index in [1.54, 1.807) is 37.1 Å². The molecule has 10 heteroatoms. The van der Waals surface area contributed by atoms with Crippen LogP contribution in [-0.2, 0) is 37.0 Å². The molecule has 9 nitrogen and oxygen atoms in total. The molecule has 1 amide bonds. The molecule has 3 aromatic carbocycles. The fourth-order valence-corrected chi connectivity index (χ4v) is 5.70. The summed E-state index contributed by atoms with van der Waals surface area (Å²) < 4.78 is 17.9. The van der Waals surface area contributed by atoms with Crippen LogP contribution in [0.5, 0.6) is 0 Å². The van der Waals surface area contributed by atoms with Crippen LogP contribution in [0.25, 0.3) is 11.1 Å². The van der Waals surface area contributed by atoms with E-state index in [0.29, 0.717) is 23.9 Å². The van der Waals surface area contributed by atoms with Crippen LogP contribution in [0.2, 0.25) is 0 Å². The monoisotopic (exact) mass is 613 g/mol. The molecule has 0 saturated carbocycles. The number of benzene rings is 3. The summed E-state index contributed by atoms with van der Waals surface area (Å²) in [6, 6.07) is 25.6. The zero-order valence-corrected chi connectivity index (χ0v) is 25.4. The van der Waals surface area contributed by atoms with Crippen LogP contribution < -0.4 is 5.32 Å². The zero-order chi connectivity index (χ0) is 30.9. The minimum Gasteiger partial charge on any atom is -0.453 e. The quantitative estimate of drug-likeness (QED) is 0.128. The van der Waals surface area contributed by atoms with Gasteiger partial charge in [0.25, 0.3) is 5.91 Å². The van der Waals surface area contributed by atoms with Crippen molar-refractivity contribution in [3.63, 3.8) is 0 Å². The summed E-state index contributed by atoms with van der Waals surface area (Å²) in [6.45, 7) is 3.13. The minimum atomic E-state index is -0.850. The number of carbonyl (C=O) groups excluding carboxylic acids is 2. The number of aliphatic hydroxyl groups excluding tert-OH is 1. The van der Waals surface area contributed by atoms with Crippen LogP contribution in [0.3, 0.4) is 0 Å². The molecular formula is C34H35N3O6S. The van der Waals surface area contributed by atoms with Gasteiger partial charge in [-0.1, -0.05) is 78.5 Å². The molecule has 44 heavy (non-hydrogen) atoms. The van der Waals surface area contributed by atoms with Gasteiger partial charge in [0.15, 0.2) is 17.6 Å². The highest BCUT2D eigenvalue weighted by atomic mass is 32.2. The molecular weight excluding hydrogens is 578 g/mol. The Morgan fingerprint density at radius 2 is 1.68 bits per heavy atom. The number of thioether (sulfide) groups is 1. The van der Waals surface area contributed by atoms with Crippen molar-refractivity contribution in [2.24, 2.45) is 0 Å². The predicted molar refractivity (Wildman–Crippen MR) is 166 cm³/mol. The van der Waals surface area contributed by atoms with Crippen LogP contribution in [0, 0.1) is 0 Å². The molecule has 2 N–H and O–H groups in total.